The molecule has 1 amide bonds. The first kappa shape index (κ1) is 18.0. The Morgan fingerprint density at radius 2 is 2.00 bits per heavy atom. The average Bonchev–Trinajstić information content (AvgIpc) is 3.17. The van der Waals surface area contributed by atoms with Crippen molar-refractivity contribution < 1.29 is 14.3 Å². The second kappa shape index (κ2) is 7.63. The predicted molar refractivity (Wildman–Crippen MR) is 103 cm³/mol. The van der Waals surface area contributed by atoms with Crippen LogP contribution < -0.4 is 4.80 Å². The number of amides is 1. The maximum Gasteiger partial charge on any atom is 0.338 e. The Labute approximate surface area is 160 Å². The molecule has 0 aliphatic rings. The molecule has 0 unspecified atom stereocenters. The van der Waals surface area contributed by atoms with Gasteiger partial charge in [0, 0.05) is 6.54 Å². The number of hydrogen-bond acceptors (Lipinski definition) is 5. The van der Waals surface area contributed by atoms with Crippen LogP contribution in [0.3, 0.4) is 0 Å². The van der Waals surface area contributed by atoms with Crippen LogP contribution in [0.1, 0.15) is 33.9 Å². The van der Waals surface area contributed by atoms with Crippen LogP contribution >= 0.6 is 38.6 Å². The summed E-state index contributed by atoms with van der Waals surface area (Å²) in [7, 11) is 0. The summed E-state index contributed by atoms with van der Waals surface area (Å²) in [6.07, 6.45) is 0. The van der Waals surface area contributed by atoms with Crippen molar-refractivity contribution in [1.82, 2.24) is 4.57 Å². The van der Waals surface area contributed by atoms with E-state index in [-0.39, 0.29) is 11.9 Å². The highest BCUT2D eigenvalue weighted by molar-refractivity contribution is 9.11. The zero-order chi connectivity index (χ0) is 18.0. The molecule has 3 aromatic rings. The van der Waals surface area contributed by atoms with Gasteiger partial charge in [0.15, 0.2) is 4.80 Å². The Morgan fingerprint density at radius 1 is 1.20 bits per heavy atom. The van der Waals surface area contributed by atoms with E-state index >= 15 is 0 Å². The number of fused-ring (bicyclic) bond motifs is 1. The summed E-state index contributed by atoms with van der Waals surface area (Å²) in [5.74, 6) is -0.617. The van der Waals surface area contributed by atoms with Gasteiger partial charge in [-0.1, -0.05) is 11.3 Å². The number of carbonyl (C=O) groups is 2. The molecule has 3 rings (SSSR count). The Morgan fingerprint density at radius 3 is 2.64 bits per heavy atom. The molecule has 0 fully saturated rings. The minimum Gasteiger partial charge on any atom is -0.462 e. The van der Waals surface area contributed by atoms with Gasteiger partial charge in [0.25, 0.3) is 5.91 Å². The normalized spacial score (nSPS) is 11.9. The molecule has 2 heterocycles. The largest absolute Gasteiger partial charge is 0.462 e. The molecule has 1 aromatic carbocycles. The van der Waals surface area contributed by atoms with Crippen LogP contribution in [-0.2, 0) is 11.3 Å². The number of halogens is 1. The lowest BCUT2D eigenvalue weighted by atomic mass is 10.2. The van der Waals surface area contributed by atoms with Gasteiger partial charge in [0.2, 0.25) is 0 Å². The molecule has 0 spiro atoms. The fourth-order valence-electron chi connectivity index (χ4n) is 2.38. The number of benzene rings is 1. The maximum absolute atomic E-state index is 12.4. The van der Waals surface area contributed by atoms with E-state index in [1.807, 2.05) is 23.6 Å². The number of carbonyl (C=O) groups excluding carboxylic acids is 2. The lowest BCUT2D eigenvalue weighted by Gasteiger charge is -2.03. The predicted octanol–water partition coefficient (Wildman–Crippen LogP) is 4.46. The number of hydrogen-bond donors (Lipinski definition) is 0. The summed E-state index contributed by atoms with van der Waals surface area (Å²) < 4.78 is 8.80. The van der Waals surface area contributed by atoms with Crippen LogP contribution in [-0.4, -0.2) is 23.1 Å². The van der Waals surface area contributed by atoms with E-state index in [0.717, 1.165) is 14.0 Å². The van der Waals surface area contributed by atoms with Gasteiger partial charge in [0.1, 0.15) is 0 Å². The van der Waals surface area contributed by atoms with Gasteiger partial charge in [-0.15, -0.1) is 11.3 Å². The molecule has 0 N–H and O–H groups in total. The quantitative estimate of drug-likeness (QED) is 0.564. The van der Waals surface area contributed by atoms with Crippen LogP contribution in [0.2, 0.25) is 0 Å². The van der Waals surface area contributed by atoms with Crippen LogP contribution in [0.15, 0.2) is 39.1 Å². The fourth-order valence-corrected chi connectivity index (χ4v) is 4.78. The third-order valence-corrected chi connectivity index (χ3v) is 6.14. The number of thiazole rings is 1. The Balaban J connectivity index is 2.07. The van der Waals surface area contributed by atoms with Crippen LogP contribution in [0, 0.1) is 0 Å². The van der Waals surface area contributed by atoms with Crippen molar-refractivity contribution >= 4 is 60.7 Å². The van der Waals surface area contributed by atoms with Gasteiger partial charge in [-0.25, -0.2) is 4.79 Å². The third-order valence-electron chi connectivity index (χ3n) is 3.49. The van der Waals surface area contributed by atoms with Crippen LogP contribution in [0.5, 0.6) is 0 Å². The summed E-state index contributed by atoms with van der Waals surface area (Å²) in [4.78, 5) is 29.8. The lowest BCUT2D eigenvalue weighted by molar-refractivity contribution is 0.0526. The molecular formula is C17H15BrN2O3S2. The highest BCUT2D eigenvalue weighted by Crippen LogP contribution is 2.23. The average molecular weight is 439 g/mol. The Kier molecular flexibility index (Phi) is 5.51. The molecule has 0 atom stereocenters. The van der Waals surface area contributed by atoms with E-state index in [9.17, 15) is 9.59 Å². The molecular weight excluding hydrogens is 424 g/mol. The number of esters is 1. The Hall–Kier alpha value is -1.77. The molecule has 0 radical (unpaired) electrons. The molecule has 0 aliphatic heterocycles. The highest BCUT2D eigenvalue weighted by atomic mass is 79.9. The third kappa shape index (κ3) is 3.75. The van der Waals surface area contributed by atoms with Crippen molar-refractivity contribution in [2.45, 2.75) is 20.4 Å². The van der Waals surface area contributed by atoms with Crippen LogP contribution in [0.4, 0.5) is 0 Å². The zero-order valence-electron chi connectivity index (χ0n) is 13.6. The van der Waals surface area contributed by atoms with Gasteiger partial charge in [-0.05, 0) is 60.1 Å². The molecule has 5 nitrogen and oxygen atoms in total. The smallest absolute Gasteiger partial charge is 0.338 e. The number of aryl methyl sites for hydroxylation is 1. The van der Waals surface area contributed by atoms with Crippen LogP contribution in [0.25, 0.3) is 10.2 Å². The van der Waals surface area contributed by atoms with E-state index in [4.69, 9.17) is 4.74 Å². The van der Waals surface area contributed by atoms with Gasteiger partial charge < -0.3 is 9.30 Å². The fraction of sp³-hybridized carbons (Fsp3) is 0.235. The minimum absolute atomic E-state index is 0.268. The van der Waals surface area contributed by atoms with Gasteiger partial charge in [-0.2, -0.15) is 4.99 Å². The summed E-state index contributed by atoms with van der Waals surface area (Å²) >= 11 is 6.10. The summed E-state index contributed by atoms with van der Waals surface area (Å²) in [5.41, 5.74) is 1.44. The Bertz CT molecular complexity index is 1020. The molecule has 130 valence electrons. The van der Waals surface area contributed by atoms with Crippen molar-refractivity contribution in [3.8, 4) is 0 Å². The molecule has 0 bridgehead atoms. The van der Waals surface area contributed by atoms with E-state index in [1.54, 1.807) is 25.1 Å². The number of rotatable bonds is 4. The molecule has 2 aromatic heterocycles. The summed E-state index contributed by atoms with van der Waals surface area (Å²) in [6.45, 7) is 4.79. The monoisotopic (exact) mass is 438 g/mol. The van der Waals surface area contributed by atoms with Gasteiger partial charge in [0.05, 0.1) is 31.1 Å². The van der Waals surface area contributed by atoms with E-state index in [2.05, 4.69) is 20.9 Å². The minimum atomic E-state index is -0.348. The number of aromatic nitrogens is 1. The first-order valence-electron chi connectivity index (χ1n) is 7.68. The SMILES string of the molecule is CCOC(=O)c1ccc2c(c1)sc(=NC(=O)c1ccc(Br)s1)n2CC. The first-order valence-corrected chi connectivity index (χ1v) is 10.1. The lowest BCUT2D eigenvalue weighted by Crippen LogP contribution is -2.15. The van der Waals surface area contributed by atoms with E-state index in [1.165, 1.54) is 22.7 Å². The van der Waals surface area contributed by atoms with E-state index < -0.39 is 0 Å². The molecule has 25 heavy (non-hydrogen) atoms. The highest BCUT2D eigenvalue weighted by Gasteiger charge is 2.13. The van der Waals surface area contributed by atoms with Crippen molar-refractivity contribution in [1.29, 1.82) is 0 Å². The summed E-state index contributed by atoms with van der Waals surface area (Å²) in [6, 6.07) is 8.98. The van der Waals surface area contributed by atoms with Crippen molar-refractivity contribution in [2.75, 3.05) is 6.61 Å². The number of nitrogens with zero attached hydrogens (tertiary/aromatic N) is 2. The topological polar surface area (TPSA) is 60.7 Å². The van der Waals surface area contributed by atoms with Gasteiger partial charge in [-0.3, -0.25) is 4.79 Å². The van der Waals surface area contributed by atoms with Crippen molar-refractivity contribution in [3.05, 3.63) is 49.4 Å². The second-order valence-corrected chi connectivity index (χ2v) is 8.52. The standard InChI is InChI=1S/C17H15BrN2O3S2/c1-3-20-11-6-5-10(16(22)23-4-2)9-13(11)25-17(20)19-15(21)12-7-8-14(18)24-12/h5-9H,3-4H2,1-2H3. The van der Waals surface area contributed by atoms with Gasteiger partial charge >= 0.3 is 5.97 Å². The molecule has 0 saturated heterocycles. The van der Waals surface area contributed by atoms with Crippen molar-refractivity contribution in [2.24, 2.45) is 4.99 Å². The molecule has 0 saturated carbocycles. The molecule has 8 heteroatoms. The van der Waals surface area contributed by atoms with E-state index in [0.29, 0.717) is 28.4 Å². The second-order valence-electron chi connectivity index (χ2n) is 5.05. The first-order chi connectivity index (χ1) is 12.0. The number of thiophene rings is 1. The van der Waals surface area contributed by atoms with Crippen molar-refractivity contribution in [3.63, 3.8) is 0 Å². The number of ether oxygens (including phenoxy) is 1. The molecule has 0 aliphatic carbocycles. The summed E-state index contributed by atoms with van der Waals surface area (Å²) in [5, 5.41) is 0. The maximum atomic E-state index is 12.4. The zero-order valence-corrected chi connectivity index (χ0v) is 16.8.